The predicted octanol–water partition coefficient (Wildman–Crippen LogP) is 2.21. The number of hydrogen-bond donors (Lipinski definition) is 3. The molecule has 1 heterocycles. The quantitative estimate of drug-likeness (QED) is 0.452. The van der Waals surface area contributed by atoms with Gasteiger partial charge in [0, 0.05) is 16.5 Å². The average molecular weight is 307 g/mol. The van der Waals surface area contributed by atoms with Crippen LogP contribution in [-0.2, 0) is 0 Å². The first kappa shape index (κ1) is 14.9. The van der Waals surface area contributed by atoms with Crippen molar-refractivity contribution in [2.24, 2.45) is 5.84 Å². The molecule has 0 saturated carbocycles. The smallest absolute Gasteiger partial charge is 0.293 e. The molecule has 0 radical (unpaired) electrons. The topological polar surface area (TPSA) is 123 Å². The maximum absolute atomic E-state index is 12.1. The number of nitro benzene ring substituents is 1. The first-order valence-electron chi connectivity index (χ1n) is 5.93. The maximum atomic E-state index is 12.1. The molecule has 110 valence electrons. The number of nitrogens with zero attached hydrogens (tertiary/aromatic N) is 2. The highest BCUT2D eigenvalue weighted by atomic mass is 32.1. The highest BCUT2D eigenvalue weighted by Gasteiger charge is 2.17. The Morgan fingerprint density at radius 3 is 2.67 bits per heavy atom. The molecule has 21 heavy (non-hydrogen) atoms. The van der Waals surface area contributed by atoms with Gasteiger partial charge in [-0.1, -0.05) is 0 Å². The van der Waals surface area contributed by atoms with Gasteiger partial charge in [-0.2, -0.15) is 0 Å². The van der Waals surface area contributed by atoms with Crippen LogP contribution in [0.3, 0.4) is 0 Å². The molecule has 0 bridgehead atoms. The van der Waals surface area contributed by atoms with Gasteiger partial charge in [-0.3, -0.25) is 26.1 Å². The van der Waals surface area contributed by atoms with Gasteiger partial charge in [0.25, 0.3) is 11.6 Å². The van der Waals surface area contributed by atoms with E-state index in [1.807, 2.05) is 13.8 Å². The van der Waals surface area contributed by atoms with E-state index < -0.39 is 10.8 Å². The minimum absolute atomic E-state index is 0.0687. The van der Waals surface area contributed by atoms with Gasteiger partial charge < -0.3 is 5.43 Å². The molecule has 0 unspecified atom stereocenters. The number of hydrogen-bond acceptors (Lipinski definition) is 7. The van der Waals surface area contributed by atoms with Crippen LogP contribution in [0.4, 0.5) is 16.5 Å². The molecule has 0 aliphatic carbocycles. The minimum atomic E-state index is -0.579. The predicted molar refractivity (Wildman–Crippen MR) is 80.4 cm³/mol. The van der Waals surface area contributed by atoms with Crippen LogP contribution in [0.5, 0.6) is 0 Å². The third-order valence-electron chi connectivity index (χ3n) is 2.86. The number of benzene rings is 1. The lowest BCUT2D eigenvalue weighted by atomic mass is 10.1. The number of aryl methyl sites for hydroxylation is 2. The van der Waals surface area contributed by atoms with E-state index in [9.17, 15) is 14.9 Å². The lowest BCUT2D eigenvalue weighted by Gasteiger charge is -2.05. The van der Waals surface area contributed by atoms with Gasteiger partial charge in [-0.05, 0) is 26.0 Å². The molecule has 0 fully saturated rings. The number of rotatable bonds is 4. The Balaban J connectivity index is 2.25. The number of nitrogens with one attached hydrogen (secondary N) is 2. The normalized spacial score (nSPS) is 10.2. The number of nitro groups is 1. The summed E-state index contributed by atoms with van der Waals surface area (Å²) < 4.78 is 0. The number of hydrazine groups is 1. The van der Waals surface area contributed by atoms with E-state index in [0.717, 1.165) is 10.6 Å². The molecule has 8 nitrogen and oxygen atoms in total. The van der Waals surface area contributed by atoms with Crippen LogP contribution >= 0.6 is 11.3 Å². The zero-order valence-electron chi connectivity index (χ0n) is 11.3. The third-order valence-corrected chi connectivity index (χ3v) is 3.85. The number of anilines is 2. The molecule has 0 atom stereocenters. The summed E-state index contributed by atoms with van der Waals surface area (Å²) in [6.45, 7) is 3.76. The Hall–Kier alpha value is -2.52. The SMILES string of the molecule is Cc1nc(NC(=O)c2ccc([N+](=O)[O-])c(NN)c2)sc1C. The minimum Gasteiger partial charge on any atom is -0.318 e. The number of nitrogens with two attached hydrogens (primary N) is 1. The Labute approximate surface area is 124 Å². The Kier molecular flexibility index (Phi) is 4.15. The molecule has 2 rings (SSSR count). The lowest BCUT2D eigenvalue weighted by molar-refractivity contribution is -0.384. The number of carbonyl (C=O) groups is 1. The number of thiazole rings is 1. The van der Waals surface area contributed by atoms with Crippen LogP contribution in [0.25, 0.3) is 0 Å². The second kappa shape index (κ2) is 5.85. The van der Waals surface area contributed by atoms with Gasteiger partial charge in [0.2, 0.25) is 0 Å². The van der Waals surface area contributed by atoms with E-state index in [2.05, 4.69) is 15.7 Å². The number of aromatic nitrogens is 1. The average Bonchev–Trinajstić information content (AvgIpc) is 2.76. The highest BCUT2D eigenvalue weighted by molar-refractivity contribution is 7.15. The monoisotopic (exact) mass is 307 g/mol. The van der Waals surface area contributed by atoms with E-state index in [0.29, 0.717) is 5.13 Å². The van der Waals surface area contributed by atoms with Crippen molar-refractivity contribution >= 4 is 33.8 Å². The van der Waals surface area contributed by atoms with Crippen LogP contribution in [0.2, 0.25) is 0 Å². The van der Waals surface area contributed by atoms with E-state index in [-0.39, 0.29) is 16.9 Å². The van der Waals surface area contributed by atoms with Crippen LogP contribution in [0.15, 0.2) is 18.2 Å². The summed E-state index contributed by atoms with van der Waals surface area (Å²) >= 11 is 1.36. The number of amides is 1. The maximum Gasteiger partial charge on any atom is 0.293 e. The third kappa shape index (κ3) is 3.15. The van der Waals surface area contributed by atoms with Gasteiger partial charge in [0.05, 0.1) is 10.6 Å². The largest absolute Gasteiger partial charge is 0.318 e. The summed E-state index contributed by atoms with van der Waals surface area (Å²) in [7, 11) is 0. The van der Waals surface area contributed by atoms with Crippen molar-refractivity contribution in [3.8, 4) is 0 Å². The van der Waals surface area contributed by atoms with Gasteiger partial charge in [0.15, 0.2) is 5.13 Å². The summed E-state index contributed by atoms with van der Waals surface area (Å²) in [5.41, 5.74) is 3.18. The molecule has 1 amide bonds. The second-order valence-electron chi connectivity index (χ2n) is 4.25. The summed E-state index contributed by atoms with van der Waals surface area (Å²) in [5.74, 6) is 4.83. The van der Waals surface area contributed by atoms with Gasteiger partial charge >= 0.3 is 0 Å². The Bertz CT molecular complexity index is 693. The van der Waals surface area contributed by atoms with E-state index in [1.165, 1.54) is 29.5 Å². The summed E-state index contributed by atoms with van der Waals surface area (Å²) in [6, 6.07) is 3.91. The van der Waals surface area contributed by atoms with Crippen molar-refractivity contribution in [3.05, 3.63) is 44.4 Å². The summed E-state index contributed by atoms with van der Waals surface area (Å²) in [6.07, 6.45) is 0. The molecular formula is C12H13N5O3S. The van der Waals surface area contributed by atoms with Crippen LogP contribution in [-0.4, -0.2) is 15.8 Å². The standard InChI is InChI=1S/C12H13N5O3S/c1-6-7(2)21-12(14-6)15-11(18)8-3-4-10(17(19)20)9(5-8)16-13/h3-5,16H,13H2,1-2H3,(H,14,15,18). The Morgan fingerprint density at radius 2 is 2.14 bits per heavy atom. The van der Waals surface area contributed by atoms with Crippen LogP contribution in [0.1, 0.15) is 20.9 Å². The van der Waals surface area contributed by atoms with Crippen molar-refractivity contribution in [1.82, 2.24) is 4.98 Å². The van der Waals surface area contributed by atoms with Crippen LogP contribution < -0.4 is 16.6 Å². The molecule has 0 saturated heterocycles. The zero-order chi connectivity index (χ0) is 15.6. The first-order valence-corrected chi connectivity index (χ1v) is 6.74. The van der Waals surface area contributed by atoms with Gasteiger partial charge in [-0.15, -0.1) is 11.3 Å². The van der Waals surface area contributed by atoms with E-state index >= 15 is 0 Å². The molecule has 2 aromatic rings. The number of nitrogen functional groups attached to an aromatic ring is 1. The van der Waals surface area contributed by atoms with Crippen molar-refractivity contribution in [2.75, 3.05) is 10.7 Å². The zero-order valence-corrected chi connectivity index (χ0v) is 12.2. The Morgan fingerprint density at radius 1 is 1.43 bits per heavy atom. The molecule has 9 heteroatoms. The highest BCUT2D eigenvalue weighted by Crippen LogP contribution is 2.26. The van der Waals surface area contributed by atoms with E-state index in [1.54, 1.807) is 0 Å². The van der Waals surface area contributed by atoms with Crippen molar-refractivity contribution in [2.45, 2.75) is 13.8 Å². The second-order valence-corrected chi connectivity index (χ2v) is 5.45. The summed E-state index contributed by atoms with van der Waals surface area (Å²) in [5, 5.41) is 13.9. The van der Waals surface area contributed by atoms with Crippen molar-refractivity contribution in [1.29, 1.82) is 0 Å². The van der Waals surface area contributed by atoms with Gasteiger partial charge in [0.1, 0.15) is 5.69 Å². The molecule has 1 aromatic heterocycles. The lowest BCUT2D eigenvalue weighted by Crippen LogP contribution is -2.14. The molecular weight excluding hydrogens is 294 g/mol. The van der Waals surface area contributed by atoms with E-state index in [4.69, 9.17) is 5.84 Å². The fourth-order valence-corrected chi connectivity index (χ4v) is 2.46. The van der Waals surface area contributed by atoms with Crippen molar-refractivity contribution in [3.63, 3.8) is 0 Å². The molecule has 4 N–H and O–H groups in total. The molecule has 0 spiro atoms. The molecule has 1 aromatic carbocycles. The van der Waals surface area contributed by atoms with Crippen LogP contribution in [0, 0.1) is 24.0 Å². The number of carbonyl (C=O) groups excluding carboxylic acids is 1. The summed E-state index contributed by atoms with van der Waals surface area (Å²) in [4.78, 5) is 27.5. The van der Waals surface area contributed by atoms with Gasteiger partial charge in [-0.25, -0.2) is 4.98 Å². The fourth-order valence-electron chi connectivity index (χ4n) is 1.65. The molecule has 0 aliphatic rings. The fraction of sp³-hybridized carbons (Fsp3) is 0.167. The first-order chi connectivity index (χ1) is 9.92. The molecule has 0 aliphatic heterocycles. The van der Waals surface area contributed by atoms with Crippen molar-refractivity contribution < 1.29 is 9.72 Å².